The van der Waals surface area contributed by atoms with Crippen molar-refractivity contribution in [1.82, 2.24) is 36.1 Å². The summed E-state index contributed by atoms with van der Waals surface area (Å²) in [5.41, 5.74) is 21.0. The van der Waals surface area contributed by atoms with Crippen LogP contribution in [0.25, 0.3) is 22.5 Å². The number of nitrogens with two attached hydrogens (primary N) is 3. The van der Waals surface area contributed by atoms with Gasteiger partial charge in [0.05, 0.1) is 23.0 Å². The molecule has 0 aliphatic carbocycles. The molecule has 4 aromatic rings. The smallest absolute Gasteiger partial charge is 0.255 e. The number of fused-ring (bicyclic) bond motifs is 5. The number of rotatable bonds is 16. The number of nitrogens with one attached hydrogen (secondary N) is 4. The van der Waals surface area contributed by atoms with Gasteiger partial charge in [0.1, 0.15) is 55.8 Å². The second-order valence-corrected chi connectivity index (χ2v) is 17.8. The number of carbonyl (C=O) groups is 5. The number of aromatic nitrogens is 2. The summed E-state index contributed by atoms with van der Waals surface area (Å²) >= 11 is 0. The number of ether oxygens (including phenoxy) is 2. The lowest BCUT2D eigenvalue weighted by Crippen LogP contribution is -2.56. The van der Waals surface area contributed by atoms with E-state index in [0.29, 0.717) is 22.8 Å². The average Bonchev–Trinajstić information content (AvgIpc) is 3.31. The molecule has 0 saturated carbocycles. The molecule has 1 aliphatic heterocycles. The number of nitrogens with zero attached hydrogens (tertiary/aromatic N) is 4. The first kappa shape index (κ1) is 52.8. The van der Waals surface area contributed by atoms with Crippen LogP contribution in [0.1, 0.15) is 78.6 Å². The molecular formula is C49H63N11O9. The van der Waals surface area contributed by atoms with Crippen LogP contribution in [0.15, 0.2) is 54.6 Å². The van der Waals surface area contributed by atoms with Crippen molar-refractivity contribution in [3.8, 4) is 45.8 Å². The van der Waals surface area contributed by atoms with Crippen LogP contribution < -0.4 is 47.9 Å². The zero-order valence-electron chi connectivity index (χ0n) is 40.0. The lowest BCUT2D eigenvalue weighted by atomic mass is 9.86. The Morgan fingerprint density at radius 2 is 1.62 bits per heavy atom. The number of likely N-dealkylation sites (N-methyl/N-ethyl adjacent to an activating group) is 1. The number of nitriles is 1. The summed E-state index contributed by atoms with van der Waals surface area (Å²) < 4.78 is 11.9. The molecular weight excluding hydrogens is 887 g/mol. The Morgan fingerprint density at radius 3 is 2.23 bits per heavy atom. The highest BCUT2D eigenvalue weighted by Gasteiger charge is 2.37. The van der Waals surface area contributed by atoms with Crippen molar-refractivity contribution < 1.29 is 43.7 Å². The standard InChI is InChI=1S/C49H63N11O9/c1-26-40(27(2)56-43(55-26)30-9-11-32(12-10-30)49(4,5)6)46(65)58-36(14-15-50)48(67)60(7)41-31-22-35(42(62)39(23-31)68-19-17-52)34-20-29(8-13-38(34)69-25-33(61)24-53)21-37(45(64)54-18-16-51)59-44(63)28(3)57-47(41)66/h8-13,20,22-23,28,33,36-37,41,61-62H,14-15,17-19,21,24-25,50,52-53H2,1-7H3,(H,54,64)(H,57,66)(H,58,65)(H,59,63)/t28-,33?,36?,37-,41-/m0/s1. The second kappa shape index (κ2) is 23.2. The number of phenolic OH excluding ortho intramolecular Hbond substituents is 1. The first-order chi connectivity index (χ1) is 32.7. The van der Waals surface area contributed by atoms with E-state index in [9.17, 15) is 39.4 Å². The molecule has 12 N–H and O–H groups in total. The van der Waals surface area contributed by atoms with Gasteiger partial charge in [-0.05, 0) is 80.1 Å². The van der Waals surface area contributed by atoms with E-state index in [4.69, 9.17) is 26.7 Å². The second-order valence-electron chi connectivity index (χ2n) is 17.8. The molecule has 5 atom stereocenters. The minimum atomic E-state index is -1.59. The highest BCUT2D eigenvalue weighted by atomic mass is 16.5. The van der Waals surface area contributed by atoms with E-state index in [1.807, 2.05) is 30.3 Å². The van der Waals surface area contributed by atoms with Crippen molar-refractivity contribution in [2.75, 3.05) is 46.4 Å². The Bertz CT molecular complexity index is 2550. The van der Waals surface area contributed by atoms with Crippen LogP contribution in [0.3, 0.4) is 0 Å². The number of carbonyl (C=O) groups excluding carboxylic acids is 5. The molecule has 0 fully saturated rings. The molecule has 0 saturated heterocycles. The predicted molar refractivity (Wildman–Crippen MR) is 257 cm³/mol. The summed E-state index contributed by atoms with van der Waals surface area (Å²) in [7, 11) is 1.33. The third kappa shape index (κ3) is 12.9. The van der Waals surface area contributed by atoms with Gasteiger partial charge >= 0.3 is 0 Å². The molecule has 0 spiro atoms. The van der Waals surface area contributed by atoms with Crippen LogP contribution in [0.4, 0.5) is 0 Å². The molecule has 2 unspecified atom stereocenters. The molecule has 1 aliphatic rings. The molecule has 4 bridgehead atoms. The van der Waals surface area contributed by atoms with Gasteiger partial charge in [-0.3, -0.25) is 24.0 Å². The predicted octanol–water partition coefficient (Wildman–Crippen LogP) is 1.30. The van der Waals surface area contributed by atoms with Crippen molar-refractivity contribution in [1.29, 1.82) is 5.26 Å². The topological polar surface area (TPSA) is 323 Å². The highest BCUT2D eigenvalue weighted by Crippen LogP contribution is 2.45. The fourth-order valence-electron chi connectivity index (χ4n) is 7.79. The Labute approximate surface area is 401 Å². The van der Waals surface area contributed by atoms with Crippen LogP contribution >= 0.6 is 0 Å². The van der Waals surface area contributed by atoms with Gasteiger partial charge in [0, 0.05) is 43.2 Å². The Hall–Kier alpha value is -7.18. The largest absolute Gasteiger partial charge is 0.504 e. The van der Waals surface area contributed by atoms with E-state index in [1.54, 1.807) is 26.0 Å². The number of aliphatic hydroxyl groups excluding tert-OH is 1. The third-order valence-corrected chi connectivity index (χ3v) is 11.5. The normalized spacial score (nSPS) is 16.9. The van der Waals surface area contributed by atoms with Crippen LogP contribution in [-0.2, 0) is 31.0 Å². The monoisotopic (exact) mass is 949 g/mol. The summed E-state index contributed by atoms with van der Waals surface area (Å²) in [5.74, 6) is -3.75. The van der Waals surface area contributed by atoms with Gasteiger partial charge in [-0.2, -0.15) is 5.26 Å². The highest BCUT2D eigenvalue weighted by molar-refractivity contribution is 6.00. The first-order valence-electron chi connectivity index (χ1n) is 22.6. The fourth-order valence-corrected chi connectivity index (χ4v) is 7.79. The summed E-state index contributed by atoms with van der Waals surface area (Å²) in [6.45, 7) is 10.2. The van der Waals surface area contributed by atoms with E-state index in [2.05, 4.69) is 52.0 Å². The lowest BCUT2D eigenvalue weighted by Gasteiger charge is -2.33. The minimum absolute atomic E-state index is 0.0295. The number of hydrogen-bond donors (Lipinski definition) is 9. The zero-order chi connectivity index (χ0) is 50.7. The number of aromatic hydroxyl groups is 1. The lowest BCUT2D eigenvalue weighted by molar-refractivity contribution is -0.141. The Morgan fingerprint density at radius 1 is 0.942 bits per heavy atom. The van der Waals surface area contributed by atoms with Crippen molar-refractivity contribution in [2.45, 2.75) is 90.1 Å². The number of phenols is 1. The van der Waals surface area contributed by atoms with Gasteiger partial charge in [0.2, 0.25) is 23.6 Å². The van der Waals surface area contributed by atoms with E-state index in [-0.39, 0.29) is 91.4 Å². The van der Waals surface area contributed by atoms with Gasteiger partial charge in [0.15, 0.2) is 17.3 Å². The van der Waals surface area contributed by atoms with E-state index in [1.165, 1.54) is 32.2 Å². The molecule has 1 aromatic heterocycles. The quantitative estimate of drug-likeness (QED) is 0.0715. The zero-order valence-corrected chi connectivity index (χ0v) is 40.0. The average molecular weight is 950 g/mol. The molecule has 20 heteroatoms. The molecule has 2 heterocycles. The van der Waals surface area contributed by atoms with Crippen LogP contribution in [0.2, 0.25) is 0 Å². The Kier molecular flexibility index (Phi) is 17.8. The van der Waals surface area contributed by atoms with Gasteiger partial charge in [-0.1, -0.05) is 51.1 Å². The minimum Gasteiger partial charge on any atom is -0.504 e. The number of amides is 5. The maximum absolute atomic E-state index is 14.8. The van der Waals surface area contributed by atoms with Crippen LogP contribution in [0, 0.1) is 25.2 Å². The van der Waals surface area contributed by atoms with E-state index in [0.717, 1.165) is 16.0 Å². The third-order valence-electron chi connectivity index (χ3n) is 11.5. The molecule has 20 nitrogen and oxygen atoms in total. The SMILES string of the molecule is Cc1nc(-c2ccc(C(C)(C)C)cc2)nc(C)c1C(=O)NC(CCN)C(=O)N(C)[C@@H]1C(=O)N[C@@H](C)C(=O)N[C@H](C(=O)NCC#N)Cc2ccc(OCC(O)CN)c(c2)-c2cc1cc(OCCN)c2O. The van der Waals surface area contributed by atoms with Crippen molar-refractivity contribution in [3.63, 3.8) is 0 Å². The maximum Gasteiger partial charge on any atom is 0.255 e. The summed E-state index contributed by atoms with van der Waals surface area (Å²) in [4.78, 5) is 81.3. The van der Waals surface area contributed by atoms with E-state index >= 15 is 0 Å². The summed E-state index contributed by atoms with van der Waals surface area (Å²) in [5, 5.41) is 42.0. The Balaban J connectivity index is 1.62. The fraction of sp³-hybridized carbons (Fsp3) is 0.429. The number of benzene rings is 3. The molecule has 5 rings (SSSR count). The first-order valence-corrected chi connectivity index (χ1v) is 22.6. The van der Waals surface area contributed by atoms with Gasteiger partial charge in [-0.15, -0.1) is 0 Å². The van der Waals surface area contributed by atoms with Crippen molar-refractivity contribution in [2.24, 2.45) is 17.2 Å². The molecule has 0 radical (unpaired) electrons. The van der Waals surface area contributed by atoms with Crippen LogP contribution in [0.5, 0.6) is 17.2 Å². The number of hydrogen-bond acceptors (Lipinski definition) is 15. The summed E-state index contributed by atoms with van der Waals surface area (Å²) in [6.07, 6.45) is -1.26. The van der Waals surface area contributed by atoms with Gasteiger partial charge < -0.3 is 63.1 Å². The van der Waals surface area contributed by atoms with Crippen LogP contribution in [-0.4, -0.2) is 125 Å². The van der Waals surface area contributed by atoms with Gasteiger partial charge in [0.25, 0.3) is 5.91 Å². The van der Waals surface area contributed by atoms with Crippen molar-refractivity contribution >= 4 is 29.5 Å². The molecule has 69 heavy (non-hydrogen) atoms. The molecule has 368 valence electrons. The summed E-state index contributed by atoms with van der Waals surface area (Å²) in [6, 6.07) is 11.8. The number of aliphatic hydroxyl groups is 1. The van der Waals surface area contributed by atoms with Gasteiger partial charge in [-0.25, -0.2) is 9.97 Å². The number of aryl methyl sites for hydroxylation is 2. The maximum atomic E-state index is 14.8. The molecule has 5 amide bonds. The van der Waals surface area contributed by atoms with Crippen molar-refractivity contribution in [3.05, 3.63) is 88.2 Å². The van der Waals surface area contributed by atoms with E-state index < -0.39 is 65.6 Å². The molecule has 3 aromatic carbocycles.